The standard InChI is InChI=1S/C18H19N3O2S/c1-12-4-8-14(9-5-12)16-19-20-18(3,24-16)17(22)21(23)15-10-6-13(2)7-11-15/h4-11,20,23H,1-3H3. The Kier molecular flexibility index (Phi) is 4.34. The smallest absolute Gasteiger partial charge is 0.283 e. The Bertz CT molecular complexity index is 787. The fourth-order valence-corrected chi connectivity index (χ4v) is 3.31. The topological polar surface area (TPSA) is 64.9 Å². The van der Waals surface area contributed by atoms with Gasteiger partial charge in [0.05, 0.1) is 5.69 Å². The Morgan fingerprint density at radius 2 is 1.62 bits per heavy atom. The highest BCUT2D eigenvalue weighted by Crippen LogP contribution is 2.34. The van der Waals surface area contributed by atoms with Crippen LogP contribution in [0.3, 0.4) is 0 Å². The minimum atomic E-state index is -1.06. The summed E-state index contributed by atoms with van der Waals surface area (Å²) in [7, 11) is 0. The number of anilines is 1. The molecule has 124 valence electrons. The lowest BCUT2D eigenvalue weighted by Crippen LogP contribution is -2.49. The van der Waals surface area contributed by atoms with E-state index < -0.39 is 10.8 Å². The second-order valence-corrected chi connectivity index (χ2v) is 7.39. The minimum Gasteiger partial charge on any atom is -0.283 e. The number of rotatable bonds is 3. The molecule has 1 atom stereocenters. The van der Waals surface area contributed by atoms with Gasteiger partial charge in [-0.05, 0) is 32.9 Å². The SMILES string of the molecule is Cc1ccc(C2=NNC(C)(C(=O)N(O)c3ccc(C)cc3)S2)cc1. The summed E-state index contributed by atoms with van der Waals surface area (Å²) in [5.41, 5.74) is 6.45. The van der Waals surface area contributed by atoms with Gasteiger partial charge in [-0.1, -0.05) is 59.3 Å². The van der Waals surface area contributed by atoms with Crippen molar-refractivity contribution in [2.24, 2.45) is 5.10 Å². The van der Waals surface area contributed by atoms with Gasteiger partial charge in [-0.2, -0.15) is 10.2 Å². The lowest BCUT2D eigenvalue weighted by molar-refractivity contribution is -0.126. The highest BCUT2D eigenvalue weighted by molar-refractivity contribution is 8.16. The quantitative estimate of drug-likeness (QED) is 0.663. The van der Waals surface area contributed by atoms with Gasteiger partial charge in [0.25, 0.3) is 5.91 Å². The third kappa shape index (κ3) is 3.16. The van der Waals surface area contributed by atoms with Crippen molar-refractivity contribution in [2.75, 3.05) is 5.06 Å². The van der Waals surface area contributed by atoms with E-state index in [1.807, 2.05) is 50.2 Å². The summed E-state index contributed by atoms with van der Waals surface area (Å²) in [6, 6.07) is 15.0. The largest absolute Gasteiger partial charge is 0.288 e. The van der Waals surface area contributed by atoms with Crippen molar-refractivity contribution in [1.29, 1.82) is 0 Å². The molecule has 0 spiro atoms. The maximum atomic E-state index is 12.7. The summed E-state index contributed by atoms with van der Waals surface area (Å²) < 4.78 is 0. The Morgan fingerprint density at radius 1 is 1.08 bits per heavy atom. The van der Waals surface area contributed by atoms with Gasteiger partial charge < -0.3 is 0 Å². The van der Waals surface area contributed by atoms with Crippen LogP contribution >= 0.6 is 11.8 Å². The molecule has 1 amide bonds. The summed E-state index contributed by atoms with van der Waals surface area (Å²) >= 11 is 1.29. The first-order valence-electron chi connectivity index (χ1n) is 7.60. The minimum absolute atomic E-state index is 0.429. The third-order valence-corrected chi connectivity index (χ3v) is 5.04. The van der Waals surface area contributed by atoms with Gasteiger partial charge in [-0.25, -0.2) is 0 Å². The van der Waals surface area contributed by atoms with Crippen LogP contribution in [-0.4, -0.2) is 21.0 Å². The summed E-state index contributed by atoms with van der Waals surface area (Å²) in [5, 5.41) is 15.9. The van der Waals surface area contributed by atoms with Crippen LogP contribution < -0.4 is 10.5 Å². The van der Waals surface area contributed by atoms with Gasteiger partial charge in [0.2, 0.25) is 0 Å². The highest BCUT2D eigenvalue weighted by Gasteiger charge is 2.43. The Balaban J connectivity index is 1.76. The zero-order chi connectivity index (χ0) is 17.3. The summed E-state index contributed by atoms with van der Waals surface area (Å²) in [4.78, 5) is 11.6. The molecule has 1 aliphatic heterocycles. The number of benzene rings is 2. The second-order valence-electron chi connectivity index (χ2n) is 5.98. The third-order valence-electron chi connectivity index (χ3n) is 3.85. The van der Waals surface area contributed by atoms with Crippen molar-refractivity contribution in [3.05, 3.63) is 65.2 Å². The lowest BCUT2D eigenvalue weighted by Gasteiger charge is -2.26. The number of hydrazone groups is 1. The summed E-state index contributed by atoms with van der Waals surface area (Å²) in [6.45, 7) is 5.68. The van der Waals surface area contributed by atoms with Gasteiger partial charge in [-0.3, -0.25) is 15.4 Å². The van der Waals surface area contributed by atoms with Crippen LogP contribution in [0.25, 0.3) is 0 Å². The molecule has 1 unspecified atom stereocenters. The van der Waals surface area contributed by atoms with Gasteiger partial charge in [-0.15, -0.1) is 0 Å². The predicted molar refractivity (Wildman–Crippen MR) is 97.3 cm³/mol. The molecule has 2 aromatic rings. The fourth-order valence-electron chi connectivity index (χ4n) is 2.31. The van der Waals surface area contributed by atoms with Gasteiger partial charge >= 0.3 is 0 Å². The van der Waals surface area contributed by atoms with E-state index in [4.69, 9.17) is 0 Å². The zero-order valence-electron chi connectivity index (χ0n) is 13.8. The van der Waals surface area contributed by atoms with Crippen molar-refractivity contribution in [2.45, 2.75) is 25.6 Å². The van der Waals surface area contributed by atoms with Crippen LogP contribution in [0, 0.1) is 13.8 Å². The van der Waals surface area contributed by atoms with Crippen molar-refractivity contribution in [3.8, 4) is 0 Å². The molecule has 3 rings (SSSR count). The molecule has 0 radical (unpaired) electrons. The molecule has 0 fully saturated rings. The van der Waals surface area contributed by atoms with Crippen molar-refractivity contribution >= 4 is 28.4 Å². The normalized spacial score (nSPS) is 19.6. The van der Waals surface area contributed by atoms with E-state index in [-0.39, 0.29) is 0 Å². The molecule has 1 heterocycles. The van der Waals surface area contributed by atoms with E-state index in [9.17, 15) is 10.0 Å². The molecule has 0 saturated carbocycles. The lowest BCUT2D eigenvalue weighted by atomic mass is 10.2. The Hall–Kier alpha value is -2.31. The van der Waals surface area contributed by atoms with Crippen LogP contribution in [0.5, 0.6) is 0 Å². The number of aryl methyl sites for hydroxylation is 2. The Morgan fingerprint density at radius 3 is 2.21 bits per heavy atom. The molecule has 24 heavy (non-hydrogen) atoms. The van der Waals surface area contributed by atoms with E-state index in [1.54, 1.807) is 19.1 Å². The Labute approximate surface area is 145 Å². The molecular formula is C18H19N3O2S. The molecule has 2 N–H and O–H groups in total. The number of nitrogens with zero attached hydrogens (tertiary/aromatic N) is 2. The first kappa shape index (κ1) is 16.5. The van der Waals surface area contributed by atoms with E-state index in [1.165, 1.54) is 11.8 Å². The number of thioether (sulfide) groups is 1. The average Bonchev–Trinajstić information content (AvgIpc) is 2.98. The van der Waals surface area contributed by atoms with E-state index in [0.29, 0.717) is 10.8 Å². The molecular weight excluding hydrogens is 322 g/mol. The van der Waals surface area contributed by atoms with Gasteiger partial charge in [0.15, 0.2) is 4.87 Å². The number of carbonyl (C=O) groups is 1. The maximum absolute atomic E-state index is 12.7. The average molecular weight is 341 g/mol. The van der Waals surface area contributed by atoms with Crippen molar-refractivity contribution < 1.29 is 10.0 Å². The van der Waals surface area contributed by atoms with Crippen LogP contribution in [-0.2, 0) is 4.79 Å². The molecule has 5 nitrogen and oxygen atoms in total. The van der Waals surface area contributed by atoms with Crippen LogP contribution in [0.2, 0.25) is 0 Å². The molecule has 0 bridgehead atoms. The number of hydrogen-bond donors (Lipinski definition) is 2. The van der Waals surface area contributed by atoms with Crippen molar-refractivity contribution in [3.63, 3.8) is 0 Å². The van der Waals surface area contributed by atoms with Gasteiger partial charge in [0, 0.05) is 5.56 Å². The monoisotopic (exact) mass is 341 g/mol. The number of amides is 1. The molecule has 0 aromatic heterocycles. The van der Waals surface area contributed by atoms with E-state index >= 15 is 0 Å². The number of carbonyl (C=O) groups excluding carboxylic acids is 1. The number of hydrogen-bond acceptors (Lipinski definition) is 5. The first-order chi connectivity index (χ1) is 11.4. The highest BCUT2D eigenvalue weighted by atomic mass is 32.2. The molecule has 0 saturated heterocycles. The van der Waals surface area contributed by atoms with Crippen LogP contribution in [0.1, 0.15) is 23.6 Å². The second kappa shape index (κ2) is 6.30. The molecule has 1 aliphatic rings. The fraction of sp³-hybridized carbons (Fsp3) is 0.222. The van der Waals surface area contributed by atoms with Crippen LogP contribution in [0.4, 0.5) is 5.69 Å². The zero-order valence-corrected chi connectivity index (χ0v) is 14.6. The van der Waals surface area contributed by atoms with Crippen molar-refractivity contribution in [1.82, 2.24) is 5.43 Å². The number of nitrogens with one attached hydrogen (secondary N) is 1. The maximum Gasteiger partial charge on any atom is 0.288 e. The summed E-state index contributed by atoms with van der Waals surface area (Å²) in [5.74, 6) is -0.470. The van der Waals surface area contributed by atoms with E-state index in [2.05, 4.69) is 10.5 Å². The molecule has 6 heteroatoms. The van der Waals surface area contributed by atoms with E-state index in [0.717, 1.165) is 21.7 Å². The van der Waals surface area contributed by atoms with Gasteiger partial charge in [0.1, 0.15) is 5.04 Å². The molecule has 2 aromatic carbocycles. The number of hydroxylamine groups is 1. The summed E-state index contributed by atoms with van der Waals surface area (Å²) in [6.07, 6.45) is 0. The predicted octanol–water partition coefficient (Wildman–Crippen LogP) is 3.44. The first-order valence-corrected chi connectivity index (χ1v) is 8.42. The molecule has 0 aliphatic carbocycles. The van der Waals surface area contributed by atoms with Crippen LogP contribution in [0.15, 0.2) is 53.6 Å².